The number of nitrogens with one attached hydrogen (secondary N) is 3. The molecule has 4 aromatic rings. The first-order valence-electron chi connectivity index (χ1n) is 14.7. The summed E-state index contributed by atoms with van der Waals surface area (Å²) in [5.74, 6) is 1.51. The second kappa shape index (κ2) is 12.7. The molecule has 1 aliphatic carbocycles. The van der Waals surface area contributed by atoms with Crippen molar-refractivity contribution in [2.24, 2.45) is 0 Å². The number of ether oxygens (including phenoxy) is 1. The summed E-state index contributed by atoms with van der Waals surface area (Å²) in [5, 5.41) is 9.28. The van der Waals surface area contributed by atoms with Gasteiger partial charge in [-0.3, -0.25) is 14.3 Å². The molecule has 14 heteroatoms. The van der Waals surface area contributed by atoms with Crippen LogP contribution in [0.5, 0.6) is 5.75 Å². The Balaban J connectivity index is 1.20. The lowest BCUT2D eigenvalue weighted by molar-refractivity contribution is -0.138. The van der Waals surface area contributed by atoms with E-state index in [1.165, 1.54) is 25.6 Å². The van der Waals surface area contributed by atoms with Gasteiger partial charge in [0.2, 0.25) is 5.95 Å². The number of imidazole rings is 1. The summed E-state index contributed by atoms with van der Waals surface area (Å²) in [6.45, 7) is 3.11. The maximum atomic E-state index is 14.1. The molecule has 0 bridgehead atoms. The predicted molar refractivity (Wildman–Crippen MR) is 164 cm³/mol. The molecular weight excluding hydrogens is 587 g/mol. The summed E-state index contributed by atoms with van der Waals surface area (Å²) in [6, 6.07) is 10.9. The zero-order valence-electron chi connectivity index (χ0n) is 24.9. The Morgan fingerprint density at radius 1 is 1.00 bits per heavy atom. The van der Waals surface area contributed by atoms with Crippen LogP contribution in [0, 0.1) is 0 Å². The van der Waals surface area contributed by atoms with Gasteiger partial charge < -0.3 is 25.6 Å². The van der Waals surface area contributed by atoms with E-state index >= 15 is 0 Å². The van der Waals surface area contributed by atoms with Crippen LogP contribution in [0.1, 0.15) is 34.3 Å². The number of carbonyl (C=O) groups excluding carboxylic acids is 1. The van der Waals surface area contributed by atoms with Crippen molar-refractivity contribution >= 4 is 29.0 Å². The molecule has 1 aliphatic heterocycles. The maximum Gasteiger partial charge on any atom is 0.416 e. The van der Waals surface area contributed by atoms with Crippen LogP contribution in [0.15, 0.2) is 61.2 Å². The molecule has 2 fully saturated rings. The summed E-state index contributed by atoms with van der Waals surface area (Å²) < 4.78 is 49.5. The topological polar surface area (TPSA) is 112 Å². The summed E-state index contributed by atoms with van der Waals surface area (Å²) in [7, 11) is 3.47. The number of hydrogen-bond donors (Lipinski definition) is 3. The van der Waals surface area contributed by atoms with E-state index in [4.69, 9.17) is 4.74 Å². The number of amides is 1. The third-order valence-electron chi connectivity index (χ3n) is 7.79. The molecule has 2 aliphatic rings. The molecule has 3 heterocycles. The van der Waals surface area contributed by atoms with Crippen LogP contribution >= 0.6 is 0 Å². The molecule has 11 nitrogen and oxygen atoms in total. The third kappa shape index (κ3) is 7.52. The van der Waals surface area contributed by atoms with Gasteiger partial charge in [0, 0.05) is 86.3 Å². The fourth-order valence-electron chi connectivity index (χ4n) is 5.14. The second-order valence-electron chi connectivity index (χ2n) is 11.3. The molecule has 1 saturated carbocycles. The molecule has 0 radical (unpaired) electrons. The molecule has 1 amide bonds. The number of aromatic nitrogens is 4. The van der Waals surface area contributed by atoms with Crippen LogP contribution in [-0.4, -0.2) is 81.6 Å². The number of piperazine rings is 1. The molecule has 3 N–H and O–H groups in total. The lowest BCUT2D eigenvalue weighted by atomic mass is 10.0. The number of nitrogens with zero attached hydrogens (tertiary/aromatic N) is 6. The third-order valence-corrected chi connectivity index (χ3v) is 7.79. The van der Waals surface area contributed by atoms with E-state index in [0.717, 1.165) is 37.8 Å². The Labute approximate surface area is 258 Å². The van der Waals surface area contributed by atoms with E-state index in [1.807, 2.05) is 18.0 Å². The van der Waals surface area contributed by atoms with E-state index in [1.54, 1.807) is 35.2 Å². The SMILES string of the molecule is COc1cc(NC(=O)c2ccc(CN3CCN(C)CC3)c(C(F)(F)F)c2)cc(Nc2nccn2-c2cc(NC3CC3)ncn2)c1. The molecule has 1 saturated heterocycles. The highest BCUT2D eigenvalue weighted by Gasteiger charge is 2.34. The minimum atomic E-state index is -4.61. The van der Waals surface area contributed by atoms with E-state index in [9.17, 15) is 18.0 Å². The van der Waals surface area contributed by atoms with Gasteiger partial charge in [0.15, 0.2) is 0 Å². The number of hydrogen-bond acceptors (Lipinski definition) is 9. The van der Waals surface area contributed by atoms with Crippen LogP contribution < -0.4 is 20.7 Å². The molecule has 2 aromatic carbocycles. The normalized spacial score (nSPS) is 15.9. The number of halogens is 3. The first kappa shape index (κ1) is 30.3. The quantitative estimate of drug-likeness (QED) is 0.225. The van der Waals surface area contributed by atoms with E-state index in [2.05, 4.69) is 35.8 Å². The standard InChI is InChI=1S/C31H34F3N9O2/c1-41-9-11-42(12-10-41)18-21-4-3-20(13-26(21)31(32,33)34)29(44)39-23-14-24(16-25(15-23)45-2)40-30-35-7-8-43(30)28-17-27(36-19-37-28)38-22-5-6-22/h3-4,7-8,13-17,19,22H,5-6,9-12,18H2,1-2H3,(H,35,40)(H,39,44)(H,36,37,38). The average Bonchev–Trinajstić information content (AvgIpc) is 3.71. The molecule has 2 aromatic heterocycles. The van der Waals surface area contributed by atoms with Gasteiger partial charge in [0.1, 0.15) is 23.7 Å². The molecule has 6 rings (SSSR count). The summed E-state index contributed by atoms with van der Waals surface area (Å²) in [6.07, 6.45) is 2.46. The van der Waals surface area contributed by atoms with Gasteiger partial charge in [-0.1, -0.05) is 6.07 Å². The number of anilines is 4. The average molecular weight is 622 g/mol. The molecule has 45 heavy (non-hydrogen) atoms. The molecular formula is C31H34F3N9O2. The van der Waals surface area contributed by atoms with Crippen LogP contribution in [-0.2, 0) is 12.7 Å². The molecule has 236 valence electrons. The largest absolute Gasteiger partial charge is 0.497 e. The Kier molecular flexibility index (Phi) is 8.59. The Hall–Kier alpha value is -4.69. The van der Waals surface area contributed by atoms with Crippen molar-refractivity contribution < 1.29 is 22.7 Å². The maximum absolute atomic E-state index is 14.1. The van der Waals surface area contributed by atoms with Crippen molar-refractivity contribution in [2.45, 2.75) is 31.6 Å². The van der Waals surface area contributed by atoms with Crippen LogP contribution in [0.3, 0.4) is 0 Å². The van der Waals surface area contributed by atoms with Gasteiger partial charge in [0.05, 0.1) is 12.7 Å². The Bertz CT molecular complexity index is 1660. The number of benzene rings is 2. The number of alkyl halides is 3. The van der Waals surface area contributed by atoms with Crippen molar-refractivity contribution in [3.05, 3.63) is 77.9 Å². The van der Waals surface area contributed by atoms with Crippen molar-refractivity contribution in [1.29, 1.82) is 0 Å². The fourth-order valence-corrected chi connectivity index (χ4v) is 5.14. The van der Waals surface area contributed by atoms with Gasteiger partial charge in [-0.2, -0.15) is 13.2 Å². The number of likely N-dealkylation sites (N-methyl/N-ethyl adjacent to an activating group) is 1. The highest BCUT2D eigenvalue weighted by molar-refractivity contribution is 6.04. The van der Waals surface area contributed by atoms with Crippen molar-refractivity contribution in [3.8, 4) is 11.6 Å². The highest BCUT2D eigenvalue weighted by atomic mass is 19.4. The van der Waals surface area contributed by atoms with Gasteiger partial charge in [0.25, 0.3) is 5.91 Å². The Morgan fingerprint density at radius 2 is 1.78 bits per heavy atom. The smallest absolute Gasteiger partial charge is 0.416 e. The monoisotopic (exact) mass is 621 g/mol. The van der Waals surface area contributed by atoms with Crippen LogP contribution in [0.2, 0.25) is 0 Å². The fraction of sp³-hybridized carbons (Fsp3) is 0.355. The highest BCUT2D eigenvalue weighted by Crippen LogP contribution is 2.34. The van der Waals surface area contributed by atoms with E-state index in [-0.39, 0.29) is 17.7 Å². The summed E-state index contributed by atoms with van der Waals surface area (Å²) in [4.78, 5) is 30.4. The van der Waals surface area contributed by atoms with Crippen molar-refractivity contribution in [2.75, 3.05) is 56.3 Å². The summed E-state index contributed by atoms with van der Waals surface area (Å²) in [5.41, 5.74) is 0.0888. The number of methoxy groups -OCH3 is 1. The summed E-state index contributed by atoms with van der Waals surface area (Å²) >= 11 is 0. The predicted octanol–water partition coefficient (Wildman–Crippen LogP) is 5.01. The molecule has 0 spiro atoms. The first-order valence-corrected chi connectivity index (χ1v) is 14.7. The first-order chi connectivity index (χ1) is 21.6. The van der Waals surface area contributed by atoms with Gasteiger partial charge in [-0.15, -0.1) is 0 Å². The number of carbonyl (C=O) groups is 1. The number of rotatable bonds is 10. The lowest BCUT2D eigenvalue weighted by Gasteiger charge is -2.33. The minimum absolute atomic E-state index is 0.100. The van der Waals surface area contributed by atoms with Crippen LogP contribution in [0.4, 0.5) is 36.3 Å². The van der Waals surface area contributed by atoms with E-state index < -0.39 is 17.6 Å². The Morgan fingerprint density at radius 3 is 2.51 bits per heavy atom. The zero-order chi connectivity index (χ0) is 31.6. The van der Waals surface area contributed by atoms with Gasteiger partial charge in [-0.05, 0) is 43.7 Å². The second-order valence-corrected chi connectivity index (χ2v) is 11.3. The lowest BCUT2D eigenvalue weighted by Crippen LogP contribution is -2.44. The van der Waals surface area contributed by atoms with Crippen molar-refractivity contribution in [3.63, 3.8) is 0 Å². The van der Waals surface area contributed by atoms with Crippen LogP contribution in [0.25, 0.3) is 5.82 Å². The van der Waals surface area contributed by atoms with Gasteiger partial charge >= 0.3 is 6.18 Å². The van der Waals surface area contributed by atoms with Gasteiger partial charge in [-0.25, -0.2) is 15.0 Å². The van der Waals surface area contributed by atoms with E-state index in [0.29, 0.717) is 48.0 Å². The molecule has 0 unspecified atom stereocenters. The minimum Gasteiger partial charge on any atom is -0.497 e. The zero-order valence-corrected chi connectivity index (χ0v) is 24.9. The molecule has 0 atom stereocenters. The van der Waals surface area contributed by atoms with Crippen molar-refractivity contribution in [1.82, 2.24) is 29.3 Å².